The number of aromatic nitrogens is 2. The molecule has 1 fully saturated rings. The summed E-state index contributed by atoms with van der Waals surface area (Å²) in [7, 11) is 3.23. The summed E-state index contributed by atoms with van der Waals surface area (Å²) < 4.78 is 10.3. The van der Waals surface area contributed by atoms with Gasteiger partial charge in [-0.15, -0.1) is 0 Å². The lowest BCUT2D eigenvalue weighted by molar-refractivity contribution is -0.131. The fourth-order valence-corrected chi connectivity index (χ4v) is 3.48. The van der Waals surface area contributed by atoms with Gasteiger partial charge < -0.3 is 24.2 Å². The topological polar surface area (TPSA) is 88.1 Å². The molecule has 0 radical (unpaired) electrons. The highest BCUT2D eigenvalue weighted by atomic mass is 16.5. The second-order valence-electron chi connectivity index (χ2n) is 7.19. The zero-order valence-electron chi connectivity index (χ0n) is 18.1. The molecule has 31 heavy (non-hydrogen) atoms. The number of methoxy groups -OCH3 is 2. The van der Waals surface area contributed by atoms with Crippen LogP contribution in [0.4, 0.5) is 5.69 Å². The van der Waals surface area contributed by atoms with Gasteiger partial charge in [-0.25, -0.2) is 4.98 Å². The van der Waals surface area contributed by atoms with Gasteiger partial charge in [0.15, 0.2) is 0 Å². The van der Waals surface area contributed by atoms with Crippen molar-refractivity contribution in [3.63, 3.8) is 0 Å². The summed E-state index contributed by atoms with van der Waals surface area (Å²) in [4.78, 5) is 39.2. The van der Waals surface area contributed by atoms with Gasteiger partial charge >= 0.3 is 0 Å². The molecule has 166 valence electrons. The number of carbonyl (C=O) groups excluding carboxylic acids is 2. The van der Waals surface area contributed by atoms with E-state index >= 15 is 0 Å². The Hall–Kier alpha value is -3.20. The van der Waals surface area contributed by atoms with Crippen LogP contribution in [0.2, 0.25) is 0 Å². The quantitative estimate of drug-likeness (QED) is 0.596. The van der Waals surface area contributed by atoms with Crippen molar-refractivity contribution >= 4 is 17.5 Å². The third-order valence-corrected chi connectivity index (χ3v) is 5.30. The predicted octanol–water partition coefficient (Wildman–Crippen LogP) is 1.31. The molecule has 0 N–H and O–H groups in total. The second-order valence-corrected chi connectivity index (χ2v) is 7.19. The number of hydrogen-bond acceptors (Lipinski definition) is 7. The lowest BCUT2D eigenvalue weighted by Gasteiger charge is -2.36. The van der Waals surface area contributed by atoms with Crippen molar-refractivity contribution in [2.75, 3.05) is 65.0 Å². The largest absolute Gasteiger partial charge is 0.497 e. The monoisotopic (exact) mass is 427 g/mol. The molecule has 1 aliphatic heterocycles. The minimum absolute atomic E-state index is 0.0451. The van der Waals surface area contributed by atoms with Crippen LogP contribution in [0.25, 0.3) is 0 Å². The van der Waals surface area contributed by atoms with Gasteiger partial charge in [0.25, 0.3) is 5.91 Å². The van der Waals surface area contributed by atoms with Crippen molar-refractivity contribution in [3.8, 4) is 5.75 Å². The first kappa shape index (κ1) is 22.5. The van der Waals surface area contributed by atoms with Crippen LogP contribution in [0.3, 0.4) is 0 Å². The number of nitrogens with zero attached hydrogens (tertiary/aromatic N) is 5. The van der Waals surface area contributed by atoms with E-state index in [1.807, 2.05) is 29.2 Å². The molecule has 0 saturated carbocycles. The van der Waals surface area contributed by atoms with Gasteiger partial charge in [-0.1, -0.05) is 0 Å². The van der Waals surface area contributed by atoms with E-state index in [-0.39, 0.29) is 23.9 Å². The van der Waals surface area contributed by atoms with Crippen LogP contribution in [-0.4, -0.2) is 91.7 Å². The smallest absolute Gasteiger partial charge is 0.274 e. The normalized spacial score (nSPS) is 13.7. The summed E-state index contributed by atoms with van der Waals surface area (Å²) in [5.41, 5.74) is 1.38. The summed E-state index contributed by atoms with van der Waals surface area (Å²) in [6, 6.07) is 7.94. The number of carbonyl (C=O) groups is 2. The Kier molecular flexibility index (Phi) is 8.17. The summed E-state index contributed by atoms with van der Waals surface area (Å²) in [5, 5.41) is 0. The van der Waals surface area contributed by atoms with E-state index in [4.69, 9.17) is 9.47 Å². The van der Waals surface area contributed by atoms with E-state index in [1.165, 1.54) is 18.6 Å². The fraction of sp³-hybridized carbons (Fsp3) is 0.455. The zero-order chi connectivity index (χ0) is 22.1. The van der Waals surface area contributed by atoms with E-state index in [9.17, 15) is 9.59 Å². The zero-order valence-corrected chi connectivity index (χ0v) is 18.1. The number of anilines is 1. The number of benzene rings is 1. The van der Waals surface area contributed by atoms with Crippen molar-refractivity contribution in [2.45, 2.75) is 6.42 Å². The maximum absolute atomic E-state index is 12.8. The van der Waals surface area contributed by atoms with Crippen LogP contribution in [0, 0.1) is 0 Å². The molecule has 0 aliphatic carbocycles. The molecule has 2 aromatic rings. The lowest BCUT2D eigenvalue weighted by atomic mass is 10.2. The van der Waals surface area contributed by atoms with E-state index in [1.54, 1.807) is 19.1 Å². The van der Waals surface area contributed by atoms with Crippen LogP contribution < -0.4 is 9.64 Å². The molecule has 9 nitrogen and oxygen atoms in total. The van der Waals surface area contributed by atoms with Gasteiger partial charge in [-0.05, 0) is 24.3 Å². The van der Waals surface area contributed by atoms with Crippen LogP contribution in [0.5, 0.6) is 5.75 Å². The third kappa shape index (κ3) is 6.14. The van der Waals surface area contributed by atoms with Crippen molar-refractivity contribution in [2.24, 2.45) is 0 Å². The molecule has 0 spiro atoms. The van der Waals surface area contributed by atoms with Crippen molar-refractivity contribution in [1.29, 1.82) is 0 Å². The predicted molar refractivity (Wildman–Crippen MR) is 116 cm³/mol. The average molecular weight is 428 g/mol. The van der Waals surface area contributed by atoms with Gasteiger partial charge in [-0.2, -0.15) is 0 Å². The Labute approximate surface area is 182 Å². The number of hydrogen-bond donors (Lipinski definition) is 0. The SMILES string of the molecule is COCCN(CCC(=O)N1CCN(c2ccc(OC)cc2)CC1)C(=O)c1cnccn1. The molecule has 1 aliphatic rings. The maximum atomic E-state index is 12.8. The Morgan fingerprint density at radius 2 is 1.77 bits per heavy atom. The minimum Gasteiger partial charge on any atom is -0.497 e. The van der Waals surface area contributed by atoms with E-state index in [0.29, 0.717) is 32.8 Å². The second kappa shape index (κ2) is 11.3. The highest BCUT2D eigenvalue weighted by Crippen LogP contribution is 2.20. The van der Waals surface area contributed by atoms with Gasteiger partial charge in [0, 0.05) is 70.9 Å². The molecule has 1 saturated heterocycles. The van der Waals surface area contributed by atoms with Crippen molar-refractivity contribution < 1.29 is 19.1 Å². The van der Waals surface area contributed by atoms with Crippen molar-refractivity contribution in [1.82, 2.24) is 19.8 Å². The molecule has 0 bridgehead atoms. The summed E-state index contributed by atoms with van der Waals surface area (Å²) in [6.07, 6.45) is 4.70. The fourth-order valence-electron chi connectivity index (χ4n) is 3.48. The molecule has 9 heteroatoms. The number of piperazine rings is 1. The van der Waals surface area contributed by atoms with Gasteiger partial charge in [0.05, 0.1) is 19.9 Å². The minimum atomic E-state index is -0.248. The van der Waals surface area contributed by atoms with Gasteiger partial charge in [0.1, 0.15) is 11.4 Å². The van der Waals surface area contributed by atoms with Crippen molar-refractivity contribution in [3.05, 3.63) is 48.5 Å². The maximum Gasteiger partial charge on any atom is 0.274 e. The lowest BCUT2D eigenvalue weighted by Crippen LogP contribution is -2.49. The Morgan fingerprint density at radius 3 is 2.39 bits per heavy atom. The van der Waals surface area contributed by atoms with Crippen LogP contribution in [-0.2, 0) is 9.53 Å². The van der Waals surface area contributed by atoms with E-state index in [2.05, 4.69) is 14.9 Å². The third-order valence-electron chi connectivity index (χ3n) is 5.30. The Bertz CT molecular complexity index is 839. The van der Waals surface area contributed by atoms with Crippen LogP contribution >= 0.6 is 0 Å². The molecular weight excluding hydrogens is 398 g/mol. The summed E-state index contributed by atoms with van der Waals surface area (Å²) in [6.45, 7) is 3.94. The Morgan fingerprint density at radius 1 is 1.03 bits per heavy atom. The highest BCUT2D eigenvalue weighted by Gasteiger charge is 2.23. The first-order chi connectivity index (χ1) is 15.1. The summed E-state index contributed by atoms with van der Waals surface area (Å²) >= 11 is 0. The number of rotatable bonds is 9. The standard InChI is InChI=1S/C22H29N5O4/c1-30-16-15-27(22(29)20-17-23-8-9-24-20)10-7-21(28)26-13-11-25(12-14-26)18-3-5-19(31-2)6-4-18/h3-6,8-9,17H,7,10-16H2,1-2H3. The average Bonchev–Trinajstić information content (AvgIpc) is 2.84. The van der Waals surface area contributed by atoms with E-state index < -0.39 is 0 Å². The molecule has 0 atom stereocenters. The van der Waals surface area contributed by atoms with E-state index in [0.717, 1.165) is 24.5 Å². The molecule has 1 aromatic carbocycles. The number of ether oxygens (including phenoxy) is 2. The molecule has 2 amide bonds. The van der Waals surface area contributed by atoms with Gasteiger partial charge in [0.2, 0.25) is 5.91 Å². The summed E-state index contributed by atoms with van der Waals surface area (Å²) in [5.74, 6) is 0.623. The molecular formula is C22H29N5O4. The first-order valence-electron chi connectivity index (χ1n) is 10.3. The van der Waals surface area contributed by atoms with Crippen LogP contribution in [0.15, 0.2) is 42.9 Å². The van der Waals surface area contributed by atoms with Gasteiger partial charge in [-0.3, -0.25) is 14.6 Å². The highest BCUT2D eigenvalue weighted by molar-refractivity contribution is 5.92. The van der Waals surface area contributed by atoms with Crippen LogP contribution in [0.1, 0.15) is 16.9 Å². The molecule has 3 rings (SSSR count). The molecule has 0 unspecified atom stereocenters. The Balaban J connectivity index is 1.51. The first-order valence-corrected chi connectivity index (χ1v) is 10.3. The number of amides is 2. The molecule has 1 aromatic heterocycles. The molecule has 2 heterocycles.